The average molecular weight is 526 g/mol. The Morgan fingerprint density at radius 1 is 0.886 bits per heavy atom. The number of benzene rings is 2. The van der Waals surface area contributed by atoms with E-state index in [2.05, 4.69) is 5.32 Å². The lowest BCUT2D eigenvalue weighted by Gasteiger charge is -2.52. The van der Waals surface area contributed by atoms with Crippen LogP contribution in [0.25, 0.3) is 0 Å². The number of carbonyl (C=O) groups excluding carboxylic acids is 3. The lowest BCUT2D eigenvalue weighted by Crippen LogP contribution is -2.63. The molecule has 2 aromatic carbocycles. The van der Waals surface area contributed by atoms with Crippen molar-refractivity contribution in [2.75, 3.05) is 13.2 Å². The highest BCUT2D eigenvalue weighted by Gasteiger charge is 2.55. The summed E-state index contributed by atoms with van der Waals surface area (Å²) in [6, 6.07) is 7.80. The molecule has 10 heteroatoms. The summed E-state index contributed by atoms with van der Waals surface area (Å²) in [7, 11) is 0. The SMILES string of the molecule is O=C(COc1ccc(Cl)c(F)c1)CC12CCC(NC(=O)COc3ccc(Cl)c(F)c3)(CC1)C(=O)C2. The molecular weight excluding hydrogens is 503 g/mol. The van der Waals surface area contributed by atoms with Crippen LogP contribution in [0.4, 0.5) is 8.78 Å². The highest BCUT2D eigenvalue weighted by molar-refractivity contribution is 6.31. The quantitative estimate of drug-likeness (QED) is 0.493. The second-order valence-corrected chi connectivity index (χ2v) is 9.99. The monoisotopic (exact) mass is 525 g/mol. The molecule has 0 aliphatic heterocycles. The molecule has 2 bridgehead atoms. The van der Waals surface area contributed by atoms with Crippen LogP contribution in [0.15, 0.2) is 36.4 Å². The molecule has 3 fully saturated rings. The van der Waals surface area contributed by atoms with E-state index in [-0.39, 0.29) is 59.2 Å². The van der Waals surface area contributed by atoms with Crippen LogP contribution < -0.4 is 14.8 Å². The van der Waals surface area contributed by atoms with Crippen LogP contribution in [-0.4, -0.2) is 36.2 Å². The Kier molecular flexibility index (Phi) is 7.33. The molecule has 0 unspecified atom stereocenters. The van der Waals surface area contributed by atoms with Gasteiger partial charge < -0.3 is 14.8 Å². The second kappa shape index (κ2) is 10.1. The van der Waals surface area contributed by atoms with Gasteiger partial charge in [0.05, 0.1) is 15.6 Å². The fourth-order valence-electron chi connectivity index (χ4n) is 4.82. The van der Waals surface area contributed by atoms with Gasteiger partial charge >= 0.3 is 0 Å². The zero-order valence-corrected chi connectivity index (χ0v) is 20.2. The van der Waals surface area contributed by atoms with Crippen molar-refractivity contribution >= 4 is 40.7 Å². The Balaban J connectivity index is 1.28. The largest absolute Gasteiger partial charge is 0.486 e. The van der Waals surface area contributed by atoms with E-state index in [1.807, 2.05) is 0 Å². The normalized spacial score (nSPS) is 23.1. The number of hydrogen-bond acceptors (Lipinski definition) is 5. The molecule has 2 aromatic rings. The summed E-state index contributed by atoms with van der Waals surface area (Å²) in [6.07, 6.45) is 2.39. The number of ether oxygens (including phenoxy) is 2. The predicted molar refractivity (Wildman–Crippen MR) is 125 cm³/mol. The van der Waals surface area contributed by atoms with Crippen LogP contribution in [0.5, 0.6) is 11.5 Å². The van der Waals surface area contributed by atoms with Crippen LogP contribution in [0.3, 0.4) is 0 Å². The van der Waals surface area contributed by atoms with Gasteiger partial charge in [0.25, 0.3) is 5.91 Å². The van der Waals surface area contributed by atoms with Gasteiger partial charge in [0, 0.05) is 25.0 Å². The van der Waals surface area contributed by atoms with E-state index in [0.29, 0.717) is 25.7 Å². The number of amides is 1. The second-order valence-electron chi connectivity index (χ2n) is 9.17. The number of hydrogen-bond donors (Lipinski definition) is 1. The highest BCUT2D eigenvalue weighted by atomic mass is 35.5. The minimum atomic E-state index is -0.978. The first-order valence-electron chi connectivity index (χ1n) is 11.1. The molecule has 0 atom stereocenters. The van der Waals surface area contributed by atoms with Crippen LogP contribution in [0, 0.1) is 17.0 Å². The molecule has 6 nitrogen and oxygen atoms in total. The van der Waals surface area contributed by atoms with Gasteiger partial charge in [-0.25, -0.2) is 8.78 Å². The number of Topliss-reactive ketones (excluding diaryl/α,β-unsaturated/α-hetero) is 2. The summed E-state index contributed by atoms with van der Waals surface area (Å²) in [5, 5.41) is 2.72. The lowest BCUT2D eigenvalue weighted by molar-refractivity contribution is -0.145. The smallest absolute Gasteiger partial charge is 0.258 e. The average Bonchev–Trinajstić information content (AvgIpc) is 2.82. The van der Waals surface area contributed by atoms with Gasteiger partial charge in [-0.3, -0.25) is 14.4 Å². The molecule has 1 N–H and O–H groups in total. The summed E-state index contributed by atoms with van der Waals surface area (Å²) in [5.41, 5.74) is -1.44. The highest BCUT2D eigenvalue weighted by Crippen LogP contribution is 2.52. The van der Waals surface area contributed by atoms with E-state index >= 15 is 0 Å². The molecular formula is C25H23Cl2F2NO5. The third-order valence-corrected chi connectivity index (χ3v) is 7.35. The van der Waals surface area contributed by atoms with E-state index in [0.717, 1.165) is 12.1 Å². The summed E-state index contributed by atoms with van der Waals surface area (Å²) < 4.78 is 37.8. The van der Waals surface area contributed by atoms with Crippen LogP contribution >= 0.6 is 23.2 Å². The molecule has 0 saturated heterocycles. The van der Waals surface area contributed by atoms with Crippen molar-refractivity contribution in [3.8, 4) is 11.5 Å². The first-order chi connectivity index (χ1) is 16.6. The Bertz CT molecular complexity index is 1160. The van der Waals surface area contributed by atoms with Crippen molar-refractivity contribution in [2.45, 2.75) is 44.1 Å². The molecule has 0 radical (unpaired) electrons. The molecule has 0 heterocycles. The first kappa shape index (κ1) is 25.4. The number of nitrogens with one attached hydrogen (secondary N) is 1. The fourth-order valence-corrected chi connectivity index (χ4v) is 5.06. The van der Waals surface area contributed by atoms with E-state index in [1.165, 1.54) is 24.3 Å². The topological polar surface area (TPSA) is 81.7 Å². The zero-order chi connectivity index (χ0) is 25.2. The van der Waals surface area contributed by atoms with Gasteiger partial charge in [0.1, 0.15) is 29.7 Å². The molecule has 3 saturated carbocycles. The van der Waals surface area contributed by atoms with Gasteiger partial charge in [-0.1, -0.05) is 23.2 Å². The maximum atomic E-state index is 13.5. The Labute approximate surface area is 210 Å². The van der Waals surface area contributed by atoms with Gasteiger partial charge in [0.15, 0.2) is 18.2 Å². The maximum absolute atomic E-state index is 13.5. The van der Waals surface area contributed by atoms with Crippen molar-refractivity contribution in [3.05, 3.63) is 58.1 Å². The van der Waals surface area contributed by atoms with E-state index in [9.17, 15) is 23.2 Å². The van der Waals surface area contributed by atoms with Gasteiger partial charge in [-0.2, -0.15) is 0 Å². The molecule has 0 aromatic heterocycles. The molecule has 3 aliphatic carbocycles. The zero-order valence-electron chi connectivity index (χ0n) is 18.7. The summed E-state index contributed by atoms with van der Waals surface area (Å²) >= 11 is 11.3. The summed E-state index contributed by atoms with van der Waals surface area (Å²) in [5.74, 6) is -1.72. The minimum absolute atomic E-state index is 0.0356. The number of carbonyl (C=O) groups is 3. The molecule has 0 spiro atoms. The Morgan fingerprint density at radius 2 is 1.43 bits per heavy atom. The van der Waals surface area contributed by atoms with Crippen molar-refractivity contribution in [2.24, 2.45) is 5.41 Å². The van der Waals surface area contributed by atoms with E-state index < -0.39 is 28.5 Å². The van der Waals surface area contributed by atoms with Gasteiger partial charge in [0.2, 0.25) is 0 Å². The Hall–Kier alpha value is -2.71. The lowest BCUT2D eigenvalue weighted by atomic mass is 9.55. The van der Waals surface area contributed by atoms with Crippen LogP contribution in [0.2, 0.25) is 10.0 Å². The van der Waals surface area contributed by atoms with E-state index in [4.69, 9.17) is 32.7 Å². The molecule has 1 amide bonds. The number of ketones is 2. The summed E-state index contributed by atoms with van der Waals surface area (Å²) in [4.78, 5) is 38.0. The van der Waals surface area contributed by atoms with Crippen molar-refractivity contribution in [1.82, 2.24) is 5.32 Å². The maximum Gasteiger partial charge on any atom is 0.258 e. The molecule has 35 heavy (non-hydrogen) atoms. The van der Waals surface area contributed by atoms with Crippen molar-refractivity contribution in [1.29, 1.82) is 0 Å². The number of rotatable bonds is 9. The fraction of sp³-hybridized carbons (Fsp3) is 0.400. The molecule has 186 valence electrons. The first-order valence-corrected chi connectivity index (χ1v) is 11.9. The van der Waals surface area contributed by atoms with Gasteiger partial charge in [-0.05, 0) is 55.4 Å². The van der Waals surface area contributed by atoms with Crippen LogP contribution in [-0.2, 0) is 14.4 Å². The molecule has 3 aliphatic rings. The van der Waals surface area contributed by atoms with Gasteiger partial charge in [-0.15, -0.1) is 0 Å². The standard InChI is InChI=1S/C25H23Cl2F2NO5/c26-18-3-1-16(9-20(18)28)34-13-15(31)11-24-5-7-25(8-6-24,22(32)12-24)30-23(33)14-35-17-2-4-19(27)21(29)10-17/h1-4,9-10H,5-8,11-14H2,(H,30,33). The summed E-state index contributed by atoms with van der Waals surface area (Å²) in [6.45, 7) is -0.607. The third-order valence-electron chi connectivity index (χ3n) is 6.74. The number of fused-ring (bicyclic) bond motifs is 3. The van der Waals surface area contributed by atoms with E-state index in [1.54, 1.807) is 0 Å². The van der Waals surface area contributed by atoms with Crippen molar-refractivity contribution < 1.29 is 32.6 Å². The van der Waals surface area contributed by atoms with Crippen molar-refractivity contribution in [3.63, 3.8) is 0 Å². The molecule has 5 rings (SSSR count). The Morgan fingerprint density at radius 3 is 1.94 bits per heavy atom. The predicted octanol–water partition coefficient (Wildman–Crippen LogP) is 5.08. The minimum Gasteiger partial charge on any atom is -0.486 e. The van der Waals surface area contributed by atoms with Crippen LogP contribution in [0.1, 0.15) is 38.5 Å². The number of halogens is 4. The third kappa shape index (κ3) is 5.76.